The summed E-state index contributed by atoms with van der Waals surface area (Å²) in [7, 11) is 0. The van der Waals surface area contributed by atoms with Crippen LogP contribution >= 0.6 is 27.5 Å². The van der Waals surface area contributed by atoms with Crippen LogP contribution in [0.1, 0.15) is 16.1 Å². The smallest absolute Gasteiger partial charge is 0.185 e. The topological polar surface area (TPSA) is 42.9 Å². The Morgan fingerprint density at radius 1 is 1.47 bits per heavy atom. The summed E-state index contributed by atoms with van der Waals surface area (Å²) < 4.78 is 16.9. The van der Waals surface area contributed by atoms with Crippen LogP contribution in [-0.4, -0.2) is 15.4 Å². The number of hydrogen-bond donors (Lipinski definition) is 0. The first-order valence-corrected chi connectivity index (χ1v) is 6.24. The molecule has 1 aromatic heterocycles. The summed E-state index contributed by atoms with van der Waals surface area (Å²) in [6, 6.07) is 4.13. The second kappa shape index (κ2) is 5.29. The van der Waals surface area contributed by atoms with E-state index in [2.05, 4.69) is 25.5 Å². The summed E-state index contributed by atoms with van der Waals surface area (Å²) >= 11 is 4.24. The van der Waals surface area contributed by atoms with Crippen LogP contribution in [0.5, 0.6) is 0 Å². The number of nitrogens with zero attached hydrogens (tertiary/aromatic N) is 2. The van der Waals surface area contributed by atoms with Crippen molar-refractivity contribution in [2.45, 2.75) is 0 Å². The molecule has 1 heterocycles. The number of carbonyl (C=O) groups excluding carboxylic acids is 1. The van der Waals surface area contributed by atoms with E-state index in [1.165, 1.54) is 35.8 Å². The Hall–Kier alpha value is -1.40. The molecule has 0 spiro atoms. The van der Waals surface area contributed by atoms with Gasteiger partial charge in [-0.1, -0.05) is 4.49 Å². The summed E-state index contributed by atoms with van der Waals surface area (Å²) in [6.45, 7) is 0. The molecule has 0 saturated carbocycles. The largest absolute Gasteiger partial charge is 0.289 e. The van der Waals surface area contributed by atoms with E-state index in [4.69, 9.17) is 0 Å². The maximum absolute atomic E-state index is 13.0. The van der Waals surface area contributed by atoms with E-state index in [1.807, 2.05) is 0 Å². The molecule has 6 heteroatoms. The van der Waals surface area contributed by atoms with E-state index in [0.29, 0.717) is 11.3 Å². The van der Waals surface area contributed by atoms with Gasteiger partial charge in [-0.15, -0.1) is 5.10 Å². The molecular weight excluding hydrogens is 307 g/mol. The molecule has 2 rings (SSSR count). The Labute approximate surface area is 109 Å². The van der Waals surface area contributed by atoms with E-state index >= 15 is 0 Å². The predicted octanol–water partition coefficient (Wildman–Crippen LogP) is 3.34. The second-order valence-electron chi connectivity index (χ2n) is 3.16. The van der Waals surface area contributed by atoms with Gasteiger partial charge < -0.3 is 0 Å². The third kappa shape index (κ3) is 3.04. The average molecular weight is 313 g/mol. The molecule has 0 bridgehead atoms. The van der Waals surface area contributed by atoms with E-state index in [-0.39, 0.29) is 10.3 Å². The number of rotatable bonds is 3. The lowest BCUT2D eigenvalue weighted by atomic mass is 10.1. The van der Waals surface area contributed by atoms with Crippen molar-refractivity contribution in [1.82, 2.24) is 9.59 Å². The van der Waals surface area contributed by atoms with Gasteiger partial charge in [0.1, 0.15) is 5.82 Å². The Balaban J connectivity index is 2.17. The lowest BCUT2D eigenvalue weighted by Crippen LogP contribution is -1.94. The number of hydrogen-bond acceptors (Lipinski definition) is 4. The van der Waals surface area contributed by atoms with Gasteiger partial charge in [-0.05, 0) is 57.8 Å². The third-order valence-electron chi connectivity index (χ3n) is 1.99. The highest BCUT2D eigenvalue weighted by Gasteiger charge is 2.05. The first-order chi connectivity index (χ1) is 8.16. The highest BCUT2D eigenvalue weighted by atomic mass is 79.9. The van der Waals surface area contributed by atoms with E-state index in [0.717, 1.165) is 0 Å². The fourth-order valence-corrected chi connectivity index (χ4v) is 1.95. The molecule has 0 aliphatic rings. The average Bonchev–Trinajstić information content (AvgIpc) is 2.82. The minimum absolute atomic E-state index is 0.210. The van der Waals surface area contributed by atoms with Gasteiger partial charge >= 0.3 is 0 Å². The number of halogens is 2. The van der Waals surface area contributed by atoms with E-state index < -0.39 is 5.82 Å². The number of carbonyl (C=O) groups is 1. The molecule has 0 radical (unpaired) electrons. The number of allylic oxidation sites excluding steroid dienone is 1. The monoisotopic (exact) mass is 312 g/mol. The minimum Gasteiger partial charge on any atom is -0.289 e. The first kappa shape index (κ1) is 12.1. The Bertz CT molecular complexity index is 569. The lowest BCUT2D eigenvalue weighted by molar-refractivity contribution is 0.104. The van der Waals surface area contributed by atoms with Crippen molar-refractivity contribution in [3.63, 3.8) is 0 Å². The Kier molecular flexibility index (Phi) is 3.75. The van der Waals surface area contributed by atoms with Gasteiger partial charge in [0.05, 0.1) is 10.2 Å². The van der Waals surface area contributed by atoms with E-state index in [1.54, 1.807) is 11.5 Å². The van der Waals surface area contributed by atoms with Crippen molar-refractivity contribution in [3.8, 4) is 0 Å². The van der Waals surface area contributed by atoms with Crippen molar-refractivity contribution >= 4 is 39.3 Å². The number of aromatic nitrogens is 2. The molecule has 17 heavy (non-hydrogen) atoms. The van der Waals surface area contributed by atoms with Crippen molar-refractivity contribution in [1.29, 1.82) is 0 Å². The summed E-state index contributed by atoms with van der Waals surface area (Å²) in [5.74, 6) is -0.604. The summed E-state index contributed by atoms with van der Waals surface area (Å²) in [6.07, 6.45) is 2.96. The molecule has 0 atom stereocenters. The highest BCUT2D eigenvalue weighted by Crippen LogP contribution is 2.17. The first-order valence-electron chi connectivity index (χ1n) is 4.61. The van der Waals surface area contributed by atoms with Crippen molar-refractivity contribution < 1.29 is 9.18 Å². The molecule has 0 aliphatic heterocycles. The van der Waals surface area contributed by atoms with Crippen LogP contribution < -0.4 is 0 Å². The van der Waals surface area contributed by atoms with Crippen LogP contribution in [0.3, 0.4) is 0 Å². The summed E-state index contributed by atoms with van der Waals surface area (Å²) in [5, 5.41) is 5.50. The zero-order chi connectivity index (χ0) is 12.3. The van der Waals surface area contributed by atoms with Crippen molar-refractivity contribution in [2.24, 2.45) is 0 Å². The van der Waals surface area contributed by atoms with Gasteiger partial charge in [0.2, 0.25) is 0 Å². The van der Waals surface area contributed by atoms with Crippen LogP contribution in [0.2, 0.25) is 0 Å². The maximum atomic E-state index is 13.0. The summed E-state index contributed by atoms with van der Waals surface area (Å²) in [4.78, 5) is 11.7. The van der Waals surface area contributed by atoms with Crippen LogP contribution in [0, 0.1) is 5.82 Å². The van der Waals surface area contributed by atoms with Gasteiger partial charge in [-0.2, -0.15) is 0 Å². The van der Waals surface area contributed by atoms with Gasteiger partial charge in [0, 0.05) is 10.9 Å². The van der Waals surface area contributed by atoms with Gasteiger partial charge in [-0.25, -0.2) is 4.39 Å². The molecule has 0 saturated heterocycles. The van der Waals surface area contributed by atoms with Crippen LogP contribution in [0.4, 0.5) is 4.39 Å². The van der Waals surface area contributed by atoms with Crippen LogP contribution in [-0.2, 0) is 0 Å². The predicted molar refractivity (Wildman–Crippen MR) is 67.4 cm³/mol. The molecule has 86 valence electrons. The quantitative estimate of drug-likeness (QED) is 0.645. The fraction of sp³-hybridized carbons (Fsp3) is 0. The zero-order valence-electron chi connectivity index (χ0n) is 8.43. The Morgan fingerprint density at radius 2 is 2.29 bits per heavy atom. The second-order valence-corrected chi connectivity index (χ2v) is 4.62. The highest BCUT2D eigenvalue weighted by molar-refractivity contribution is 9.10. The van der Waals surface area contributed by atoms with E-state index in [9.17, 15) is 9.18 Å². The lowest BCUT2D eigenvalue weighted by Gasteiger charge is -1.97. The maximum Gasteiger partial charge on any atom is 0.185 e. The van der Waals surface area contributed by atoms with Crippen molar-refractivity contribution in [2.75, 3.05) is 0 Å². The number of benzene rings is 1. The van der Waals surface area contributed by atoms with Crippen LogP contribution in [0.25, 0.3) is 6.08 Å². The van der Waals surface area contributed by atoms with Gasteiger partial charge in [0.15, 0.2) is 5.78 Å². The molecule has 0 unspecified atom stereocenters. The standard InChI is InChI=1S/C11H6BrFN2OS/c12-9-5-7(1-3-10(9)13)11(16)4-2-8-6-17-15-14-8/h1-6H. The zero-order valence-corrected chi connectivity index (χ0v) is 10.8. The molecule has 1 aromatic carbocycles. The van der Waals surface area contributed by atoms with Gasteiger partial charge in [-0.3, -0.25) is 4.79 Å². The fourth-order valence-electron chi connectivity index (χ4n) is 1.15. The normalized spacial score (nSPS) is 10.9. The third-order valence-corrected chi connectivity index (χ3v) is 3.12. The van der Waals surface area contributed by atoms with Crippen LogP contribution in [0.15, 0.2) is 34.1 Å². The minimum atomic E-state index is -0.394. The van der Waals surface area contributed by atoms with Crippen molar-refractivity contribution in [3.05, 3.63) is 51.2 Å². The summed E-state index contributed by atoms with van der Waals surface area (Å²) in [5.41, 5.74) is 1.04. The Morgan fingerprint density at radius 3 is 2.94 bits per heavy atom. The molecule has 2 aromatic rings. The molecule has 0 fully saturated rings. The molecule has 0 amide bonds. The molecule has 0 N–H and O–H groups in total. The number of ketones is 1. The van der Waals surface area contributed by atoms with Gasteiger partial charge in [0.25, 0.3) is 0 Å². The molecular formula is C11H6BrFN2OS. The SMILES string of the molecule is O=C(C=Cc1csnn1)c1ccc(F)c(Br)c1. The molecule has 0 aliphatic carbocycles. The molecule has 3 nitrogen and oxygen atoms in total.